The molecule has 0 saturated carbocycles. The second-order valence-electron chi connectivity index (χ2n) is 7.32. The highest BCUT2D eigenvalue weighted by Gasteiger charge is 2.26. The normalized spacial score (nSPS) is 21.7. The van der Waals surface area contributed by atoms with Gasteiger partial charge in [0.25, 0.3) is 0 Å². The monoisotopic (exact) mass is 362 g/mol. The van der Waals surface area contributed by atoms with E-state index in [0.29, 0.717) is 13.1 Å². The van der Waals surface area contributed by atoms with Gasteiger partial charge in [0.15, 0.2) is 0 Å². The van der Waals surface area contributed by atoms with Crippen LogP contribution in [0.2, 0.25) is 0 Å². The molecule has 0 aromatic heterocycles. The predicted octanol–water partition coefficient (Wildman–Crippen LogP) is 2.82. The third-order valence-corrected chi connectivity index (χ3v) is 4.96. The Morgan fingerprint density at radius 3 is 2.58 bits per heavy atom. The minimum absolute atomic E-state index is 0.0788. The summed E-state index contributed by atoms with van der Waals surface area (Å²) < 4.78 is 5.24. The minimum Gasteiger partial charge on any atom is -0.447 e. The van der Waals surface area contributed by atoms with E-state index in [4.69, 9.17) is 9.57 Å². The molecule has 1 amide bonds. The first kappa shape index (κ1) is 18.7. The second kappa shape index (κ2) is 9.05. The van der Waals surface area contributed by atoms with E-state index in [1.807, 2.05) is 20.1 Å². The number of ether oxygens (including phenoxy) is 1. The number of carbonyl (C=O) groups is 1. The molecule has 0 spiro atoms. The summed E-state index contributed by atoms with van der Waals surface area (Å²) in [4.78, 5) is 26.2. The topological polar surface area (TPSA) is 66.7 Å². The van der Waals surface area contributed by atoms with Crippen LogP contribution in [0.4, 0.5) is 4.79 Å². The molecular weight excluding hydrogens is 332 g/mol. The van der Waals surface area contributed by atoms with E-state index in [0.717, 1.165) is 57.5 Å². The van der Waals surface area contributed by atoms with E-state index < -0.39 is 0 Å². The number of aliphatic imine (C=N–C) groups is 1. The lowest BCUT2D eigenvalue weighted by Crippen LogP contribution is -2.41. The van der Waals surface area contributed by atoms with E-state index in [-0.39, 0.29) is 18.3 Å². The van der Waals surface area contributed by atoms with E-state index in [2.05, 4.69) is 21.1 Å². The molecule has 0 bridgehead atoms. The van der Waals surface area contributed by atoms with Crippen LogP contribution in [0.5, 0.6) is 0 Å². The van der Waals surface area contributed by atoms with Gasteiger partial charge < -0.3 is 19.4 Å². The van der Waals surface area contributed by atoms with Crippen molar-refractivity contribution in [2.75, 3.05) is 32.7 Å². The maximum Gasteiger partial charge on any atom is 0.410 e. The Bertz CT molecular complexity index is 567. The second-order valence-corrected chi connectivity index (χ2v) is 7.32. The molecule has 0 N–H and O–H groups in total. The maximum absolute atomic E-state index is 11.9. The van der Waals surface area contributed by atoms with Gasteiger partial charge in [-0.3, -0.25) is 4.99 Å². The Morgan fingerprint density at radius 2 is 1.96 bits per heavy atom. The molecule has 0 aliphatic carbocycles. The third kappa shape index (κ3) is 5.22. The number of oxime groups is 1. The third-order valence-electron chi connectivity index (χ3n) is 4.96. The van der Waals surface area contributed by atoms with Crippen LogP contribution in [-0.2, 0) is 9.57 Å². The Labute approximate surface area is 155 Å². The fourth-order valence-corrected chi connectivity index (χ4v) is 3.43. The Morgan fingerprint density at radius 1 is 1.23 bits per heavy atom. The van der Waals surface area contributed by atoms with Crippen LogP contribution < -0.4 is 0 Å². The zero-order chi connectivity index (χ0) is 18.4. The molecule has 7 heteroatoms. The van der Waals surface area contributed by atoms with Gasteiger partial charge in [-0.15, -0.1) is 0 Å². The van der Waals surface area contributed by atoms with Crippen LogP contribution >= 0.6 is 0 Å². The molecule has 2 saturated heterocycles. The summed E-state index contributed by atoms with van der Waals surface area (Å²) in [6.45, 7) is 7.86. The number of carbonyl (C=O) groups excluding carboxylic acids is 1. The van der Waals surface area contributed by atoms with Crippen molar-refractivity contribution in [2.24, 2.45) is 10.1 Å². The molecule has 7 nitrogen and oxygen atoms in total. The summed E-state index contributed by atoms with van der Waals surface area (Å²) >= 11 is 0. The van der Waals surface area contributed by atoms with Gasteiger partial charge in [-0.2, -0.15) is 0 Å². The number of allylic oxidation sites excluding steroid dienone is 1. The number of rotatable bonds is 4. The highest BCUT2D eigenvalue weighted by molar-refractivity contribution is 5.85. The van der Waals surface area contributed by atoms with Gasteiger partial charge in [0.2, 0.25) is 0 Å². The Balaban J connectivity index is 1.37. The van der Waals surface area contributed by atoms with Gasteiger partial charge in [-0.05, 0) is 13.8 Å². The first-order chi connectivity index (χ1) is 12.6. The largest absolute Gasteiger partial charge is 0.447 e. The Kier molecular flexibility index (Phi) is 6.52. The summed E-state index contributed by atoms with van der Waals surface area (Å²) in [6, 6.07) is 0. The number of dihydropyridines is 1. The molecule has 144 valence electrons. The molecule has 3 heterocycles. The fourth-order valence-electron chi connectivity index (χ4n) is 3.43. The molecule has 3 aliphatic heterocycles. The molecule has 3 rings (SSSR count). The quantitative estimate of drug-likeness (QED) is 0.721. The lowest BCUT2D eigenvalue weighted by atomic mass is 10.1. The highest BCUT2D eigenvalue weighted by atomic mass is 16.6. The zero-order valence-corrected chi connectivity index (χ0v) is 15.9. The summed E-state index contributed by atoms with van der Waals surface area (Å²) in [5.41, 5.74) is 2.48. The first-order valence-corrected chi connectivity index (χ1v) is 9.71. The summed E-state index contributed by atoms with van der Waals surface area (Å²) in [7, 11) is 0. The smallest absolute Gasteiger partial charge is 0.410 e. The number of likely N-dealkylation sites (tertiary alicyclic amines) is 2. The van der Waals surface area contributed by atoms with Gasteiger partial charge in [0.1, 0.15) is 6.10 Å². The van der Waals surface area contributed by atoms with Crippen LogP contribution in [0.3, 0.4) is 0 Å². The summed E-state index contributed by atoms with van der Waals surface area (Å²) in [5.74, 6) is 0. The molecule has 3 aliphatic rings. The highest BCUT2D eigenvalue weighted by Crippen LogP contribution is 2.19. The lowest BCUT2D eigenvalue weighted by Gasteiger charge is -2.32. The van der Waals surface area contributed by atoms with Crippen molar-refractivity contribution in [2.45, 2.75) is 58.2 Å². The van der Waals surface area contributed by atoms with Crippen molar-refractivity contribution in [3.8, 4) is 0 Å². The van der Waals surface area contributed by atoms with E-state index >= 15 is 0 Å². The van der Waals surface area contributed by atoms with Gasteiger partial charge in [0.05, 0.1) is 18.4 Å². The molecule has 0 aromatic carbocycles. The lowest BCUT2D eigenvalue weighted by molar-refractivity contribution is 0.00391. The van der Waals surface area contributed by atoms with E-state index in [1.54, 1.807) is 4.90 Å². The van der Waals surface area contributed by atoms with Crippen molar-refractivity contribution in [3.05, 3.63) is 11.8 Å². The average molecular weight is 362 g/mol. The maximum atomic E-state index is 11.9. The molecule has 0 radical (unpaired) electrons. The van der Waals surface area contributed by atoms with Crippen molar-refractivity contribution in [3.63, 3.8) is 0 Å². The van der Waals surface area contributed by atoms with Gasteiger partial charge in [-0.25, -0.2) is 4.79 Å². The predicted molar refractivity (Wildman–Crippen MR) is 102 cm³/mol. The van der Waals surface area contributed by atoms with Crippen molar-refractivity contribution < 1.29 is 14.4 Å². The molecule has 0 atom stereocenters. The molecule has 0 unspecified atom stereocenters. The fraction of sp³-hybridized carbons (Fsp3) is 0.737. The standard InChI is InChI=1S/C19H30N4O3/c1-15(2)25-19(24)23-12-7-18(8-13-23)26-21-16-5-10-22(11-6-16)17-4-3-9-20-14-17/h4,9,15,18H,3,5-8,10-14H2,1-2H3. The summed E-state index contributed by atoms with van der Waals surface area (Å²) in [6.07, 6.45) is 8.48. The van der Waals surface area contributed by atoms with Crippen molar-refractivity contribution >= 4 is 18.0 Å². The van der Waals surface area contributed by atoms with Crippen molar-refractivity contribution in [1.82, 2.24) is 9.80 Å². The minimum atomic E-state index is -0.224. The Hall–Kier alpha value is -2.05. The van der Waals surface area contributed by atoms with E-state index in [1.165, 1.54) is 5.70 Å². The van der Waals surface area contributed by atoms with E-state index in [9.17, 15) is 4.79 Å². The molecule has 0 aromatic rings. The zero-order valence-electron chi connectivity index (χ0n) is 15.9. The van der Waals surface area contributed by atoms with Crippen LogP contribution in [0.25, 0.3) is 0 Å². The number of hydrogen-bond acceptors (Lipinski definition) is 6. The number of hydrogen-bond donors (Lipinski definition) is 0. The van der Waals surface area contributed by atoms with Crippen molar-refractivity contribution in [1.29, 1.82) is 0 Å². The number of piperidine rings is 2. The SMILES string of the molecule is CC(C)OC(=O)N1CCC(ON=C2CCN(C3=CCC=NC3)CC2)CC1. The van der Waals surface area contributed by atoms with Gasteiger partial charge in [0, 0.05) is 70.2 Å². The van der Waals surface area contributed by atoms with Crippen LogP contribution in [0.1, 0.15) is 46.0 Å². The van der Waals surface area contributed by atoms with Crippen LogP contribution in [-0.4, -0.2) is 72.8 Å². The van der Waals surface area contributed by atoms with Gasteiger partial charge >= 0.3 is 6.09 Å². The molecular formula is C19H30N4O3. The van der Waals surface area contributed by atoms with Gasteiger partial charge in [-0.1, -0.05) is 11.2 Å². The molecule has 26 heavy (non-hydrogen) atoms. The van der Waals surface area contributed by atoms with Crippen LogP contribution in [0, 0.1) is 0 Å². The number of nitrogens with zero attached hydrogens (tertiary/aromatic N) is 4. The molecule has 2 fully saturated rings. The van der Waals surface area contributed by atoms with Crippen LogP contribution in [0.15, 0.2) is 21.9 Å². The number of amides is 1. The first-order valence-electron chi connectivity index (χ1n) is 9.71. The summed E-state index contributed by atoms with van der Waals surface area (Å²) in [5, 5.41) is 4.41. The average Bonchev–Trinajstić information content (AvgIpc) is 2.67.